The molecule has 3 heterocycles. The molecule has 4 rings (SSSR count). The van der Waals surface area contributed by atoms with Crippen LogP contribution >= 0.6 is 0 Å². The van der Waals surface area contributed by atoms with Gasteiger partial charge in [-0.05, 0) is 37.6 Å². The molecule has 0 aliphatic carbocycles. The average molecular weight is 314 g/mol. The first-order valence-electron chi connectivity index (χ1n) is 7.59. The van der Waals surface area contributed by atoms with Gasteiger partial charge < -0.3 is 14.4 Å². The van der Waals surface area contributed by atoms with Crippen LogP contribution in [0.1, 0.15) is 13.8 Å². The third-order valence-corrected chi connectivity index (χ3v) is 4.88. The first-order chi connectivity index (χ1) is 11.0. The van der Waals surface area contributed by atoms with E-state index in [4.69, 9.17) is 9.47 Å². The first kappa shape index (κ1) is 14.3. The monoisotopic (exact) mass is 314 g/mol. The molecule has 120 valence electrons. The number of β-lactam (4-membered cyclic amide) rings is 1. The molecular weight excluding hydrogens is 296 g/mol. The molecule has 0 aromatic heterocycles. The standard InChI is InChI=1S/C17H18N2O4/c1-10-9-17(2)15(19-12(10)13(22-3)14(19)20)18(16(21)23-17)11-7-5-4-6-8-11/h4-9,12-13,15H,1-3H3/t12-,13-,15+,17-/m0/s1. The summed E-state index contributed by atoms with van der Waals surface area (Å²) in [6.45, 7) is 3.78. The van der Waals surface area contributed by atoms with Gasteiger partial charge in [-0.2, -0.15) is 0 Å². The van der Waals surface area contributed by atoms with Crippen molar-refractivity contribution in [2.45, 2.75) is 37.8 Å². The van der Waals surface area contributed by atoms with Crippen LogP contribution in [0.2, 0.25) is 0 Å². The Bertz CT molecular complexity index is 717. The molecule has 0 saturated carbocycles. The smallest absolute Gasteiger partial charge is 0.417 e. The van der Waals surface area contributed by atoms with E-state index < -0.39 is 24.0 Å². The zero-order chi connectivity index (χ0) is 16.4. The molecule has 0 N–H and O–H groups in total. The van der Waals surface area contributed by atoms with Crippen LogP contribution in [0.5, 0.6) is 0 Å². The topological polar surface area (TPSA) is 59.1 Å². The van der Waals surface area contributed by atoms with Crippen LogP contribution < -0.4 is 4.90 Å². The van der Waals surface area contributed by atoms with Crippen molar-refractivity contribution in [2.24, 2.45) is 0 Å². The van der Waals surface area contributed by atoms with Crippen molar-refractivity contribution in [1.29, 1.82) is 0 Å². The van der Waals surface area contributed by atoms with E-state index in [2.05, 4.69) is 0 Å². The molecule has 1 aromatic rings. The van der Waals surface area contributed by atoms with Crippen molar-refractivity contribution in [3.8, 4) is 0 Å². The number of methoxy groups -OCH3 is 1. The van der Waals surface area contributed by atoms with Gasteiger partial charge in [-0.3, -0.25) is 9.69 Å². The molecule has 3 aliphatic heterocycles. The Morgan fingerprint density at radius 1 is 1.22 bits per heavy atom. The van der Waals surface area contributed by atoms with Crippen LogP contribution in [-0.4, -0.2) is 47.9 Å². The number of fused-ring (bicyclic) bond motifs is 3. The molecule has 0 bridgehead atoms. The van der Waals surface area contributed by atoms with E-state index >= 15 is 0 Å². The van der Waals surface area contributed by atoms with Crippen LogP contribution in [-0.2, 0) is 14.3 Å². The fraction of sp³-hybridized carbons (Fsp3) is 0.412. The molecule has 0 unspecified atom stereocenters. The van der Waals surface area contributed by atoms with Crippen LogP contribution in [0.4, 0.5) is 10.5 Å². The largest absolute Gasteiger partial charge is 0.434 e. The average Bonchev–Trinajstić information content (AvgIpc) is 2.76. The highest BCUT2D eigenvalue weighted by Crippen LogP contribution is 2.47. The molecule has 4 atom stereocenters. The molecule has 0 spiro atoms. The lowest BCUT2D eigenvalue weighted by atomic mass is 9.80. The lowest BCUT2D eigenvalue weighted by Crippen LogP contribution is -2.76. The number of rotatable bonds is 2. The van der Waals surface area contributed by atoms with E-state index in [1.165, 1.54) is 7.11 Å². The summed E-state index contributed by atoms with van der Waals surface area (Å²) in [5.74, 6) is -0.111. The minimum absolute atomic E-state index is 0.111. The Balaban J connectivity index is 1.82. The molecule has 0 radical (unpaired) electrons. The third kappa shape index (κ3) is 1.72. The Morgan fingerprint density at radius 3 is 2.57 bits per heavy atom. The molecular formula is C17H18N2O4. The highest BCUT2D eigenvalue weighted by Gasteiger charge is 2.65. The van der Waals surface area contributed by atoms with Gasteiger partial charge in [0.2, 0.25) is 0 Å². The van der Waals surface area contributed by atoms with Crippen LogP contribution in [0.15, 0.2) is 42.0 Å². The highest BCUT2D eigenvalue weighted by molar-refractivity contribution is 5.97. The minimum Gasteiger partial charge on any atom is -0.434 e. The zero-order valence-electron chi connectivity index (χ0n) is 13.2. The molecule has 23 heavy (non-hydrogen) atoms. The molecule has 6 heteroatoms. The van der Waals surface area contributed by atoms with Gasteiger partial charge in [0.15, 0.2) is 17.9 Å². The summed E-state index contributed by atoms with van der Waals surface area (Å²) in [6.07, 6.45) is 0.522. The number of anilines is 1. The van der Waals surface area contributed by atoms with Crippen molar-refractivity contribution in [3.05, 3.63) is 42.0 Å². The van der Waals surface area contributed by atoms with E-state index in [-0.39, 0.29) is 11.9 Å². The number of nitrogens with zero attached hydrogens (tertiary/aromatic N) is 2. The van der Waals surface area contributed by atoms with Gasteiger partial charge >= 0.3 is 6.09 Å². The number of hydrogen-bond acceptors (Lipinski definition) is 4. The Hall–Kier alpha value is -2.34. The minimum atomic E-state index is -0.859. The molecule has 1 aromatic carbocycles. The maximum absolute atomic E-state index is 12.5. The summed E-state index contributed by atoms with van der Waals surface area (Å²) in [5, 5.41) is 0. The van der Waals surface area contributed by atoms with Crippen LogP contribution in [0.3, 0.4) is 0 Å². The van der Waals surface area contributed by atoms with E-state index in [1.807, 2.05) is 50.3 Å². The molecule has 2 saturated heterocycles. The Labute approximate surface area is 134 Å². The number of carbonyl (C=O) groups excluding carboxylic acids is 2. The predicted octanol–water partition coefficient (Wildman–Crippen LogP) is 1.91. The van der Waals surface area contributed by atoms with Crippen molar-refractivity contribution >= 4 is 17.7 Å². The van der Waals surface area contributed by atoms with Crippen molar-refractivity contribution in [3.63, 3.8) is 0 Å². The Morgan fingerprint density at radius 2 is 1.91 bits per heavy atom. The van der Waals surface area contributed by atoms with Gasteiger partial charge in [-0.15, -0.1) is 0 Å². The summed E-state index contributed by atoms with van der Waals surface area (Å²) in [7, 11) is 1.53. The summed E-state index contributed by atoms with van der Waals surface area (Å²) < 4.78 is 10.9. The van der Waals surface area contributed by atoms with Crippen molar-refractivity contribution in [2.75, 3.05) is 12.0 Å². The summed E-state index contributed by atoms with van der Waals surface area (Å²) >= 11 is 0. The normalized spacial score (nSPS) is 35.3. The lowest BCUT2D eigenvalue weighted by Gasteiger charge is -2.55. The van der Waals surface area contributed by atoms with E-state index in [9.17, 15) is 9.59 Å². The fourth-order valence-electron chi connectivity index (χ4n) is 3.97. The van der Waals surface area contributed by atoms with Gasteiger partial charge in [-0.1, -0.05) is 18.2 Å². The maximum atomic E-state index is 12.5. The molecule has 6 nitrogen and oxygen atoms in total. The van der Waals surface area contributed by atoms with Gasteiger partial charge in [0.05, 0.1) is 6.04 Å². The number of ether oxygens (including phenoxy) is 2. The second kappa shape index (κ2) is 4.58. The Kier molecular flexibility index (Phi) is 2.84. The van der Waals surface area contributed by atoms with Gasteiger partial charge in [-0.25, -0.2) is 4.79 Å². The lowest BCUT2D eigenvalue weighted by molar-refractivity contribution is -0.178. The first-order valence-corrected chi connectivity index (χ1v) is 7.59. The van der Waals surface area contributed by atoms with E-state index in [0.717, 1.165) is 5.57 Å². The number of benzene rings is 1. The van der Waals surface area contributed by atoms with Gasteiger partial charge in [0.1, 0.15) is 0 Å². The highest BCUT2D eigenvalue weighted by atomic mass is 16.6. The SMILES string of the molecule is CO[C@@H]1C(=O)N2[C@H]3N(c4ccccc4)C(=O)O[C@@]3(C)C=C(C)[C@@H]12. The fourth-order valence-corrected chi connectivity index (χ4v) is 3.97. The zero-order valence-corrected chi connectivity index (χ0v) is 13.2. The second-order valence-electron chi connectivity index (χ2n) is 6.37. The number of carbonyl (C=O) groups is 2. The summed E-state index contributed by atoms with van der Waals surface area (Å²) in [4.78, 5) is 28.3. The number of hydrogen-bond donors (Lipinski definition) is 0. The second-order valence-corrected chi connectivity index (χ2v) is 6.37. The number of para-hydroxylation sites is 1. The molecule has 2 amide bonds. The third-order valence-electron chi connectivity index (χ3n) is 4.88. The van der Waals surface area contributed by atoms with Gasteiger partial charge in [0.25, 0.3) is 5.91 Å². The predicted molar refractivity (Wildman–Crippen MR) is 82.8 cm³/mol. The molecule has 2 fully saturated rings. The maximum Gasteiger partial charge on any atom is 0.417 e. The summed E-state index contributed by atoms with van der Waals surface area (Å²) in [5.41, 5.74) is 0.839. The van der Waals surface area contributed by atoms with Crippen LogP contribution in [0, 0.1) is 0 Å². The van der Waals surface area contributed by atoms with Crippen LogP contribution in [0.25, 0.3) is 0 Å². The summed E-state index contributed by atoms with van der Waals surface area (Å²) in [6, 6.07) is 9.13. The van der Waals surface area contributed by atoms with E-state index in [1.54, 1.807) is 9.80 Å². The van der Waals surface area contributed by atoms with Crippen molar-refractivity contribution in [1.82, 2.24) is 4.90 Å². The quantitative estimate of drug-likeness (QED) is 0.618. The van der Waals surface area contributed by atoms with E-state index in [0.29, 0.717) is 5.69 Å². The molecule has 3 aliphatic rings. The van der Waals surface area contributed by atoms with Crippen molar-refractivity contribution < 1.29 is 19.1 Å². The van der Waals surface area contributed by atoms with Gasteiger partial charge in [0, 0.05) is 12.8 Å². The number of amides is 2.